The van der Waals surface area contributed by atoms with Crippen LogP contribution in [0.5, 0.6) is 0 Å². The van der Waals surface area contributed by atoms with Crippen LogP contribution in [0.2, 0.25) is 0 Å². The van der Waals surface area contributed by atoms with E-state index in [1.165, 1.54) is 32.1 Å². The van der Waals surface area contributed by atoms with Gasteiger partial charge in [0.05, 0.1) is 13.2 Å². The molecule has 1 saturated carbocycles. The number of unbranched alkanes of at least 4 members (excludes halogenated alkanes) is 1. The minimum atomic E-state index is 0.0205. The molecular weight excluding hydrogens is 342 g/mol. The maximum Gasteiger partial charge on any atom is 0.243 e. The molecule has 2 fully saturated rings. The lowest BCUT2D eigenvalue weighted by atomic mass is 9.80. The lowest BCUT2D eigenvalue weighted by molar-refractivity contribution is -0.127. The third-order valence-corrected chi connectivity index (χ3v) is 5.75. The van der Waals surface area contributed by atoms with Crippen molar-refractivity contribution in [3.63, 3.8) is 0 Å². The van der Waals surface area contributed by atoms with E-state index in [1.54, 1.807) is 19.0 Å². The van der Waals surface area contributed by atoms with Crippen LogP contribution in [0.4, 0.5) is 0 Å². The topological polar surface area (TPSA) is 69.2 Å². The minimum absolute atomic E-state index is 0.0205. The molecule has 2 rings (SSSR count). The second-order valence-electron chi connectivity index (χ2n) is 7.97. The molecule has 2 N–H and O–H groups in total. The maximum absolute atomic E-state index is 11.9. The number of rotatable bonds is 8. The Labute approximate surface area is 164 Å². The van der Waals surface area contributed by atoms with Crippen LogP contribution < -0.4 is 10.6 Å². The normalized spacial score (nSPS) is 20.9. The third-order valence-electron chi connectivity index (χ3n) is 5.75. The number of carbonyl (C=O) groups excluding carboxylic acids is 1. The predicted octanol–water partition coefficient (Wildman–Crippen LogP) is 1.45. The first kappa shape index (κ1) is 22.0. The van der Waals surface area contributed by atoms with Crippen LogP contribution in [0.15, 0.2) is 4.99 Å². The number of amides is 1. The van der Waals surface area contributed by atoms with Gasteiger partial charge in [0, 0.05) is 45.8 Å². The van der Waals surface area contributed by atoms with Gasteiger partial charge in [0.15, 0.2) is 5.96 Å². The smallest absolute Gasteiger partial charge is 0.243 e. The molecule has 2 aliphatic rings. The Kier molecular flexibility index (Phi) is 9.34. The van der Waals surface area contributed by atoms with E-state index in [4.69, 9.17) is 4.74 Å². The molecule has 1 amide bonds. The number of nitrogens with one attached hydrogen (secondary N) is 2. The summed E-state index contributed by atoms with van der Waals surface area (Å²) in [6.45, 7) is 7.79. The van der Waals surface area contributed by atoms with Gasteiger partial charge in [-0.1, -0.05) is 32.6 Å². The van der Waals surface area contributed by atoms with Gasteiger partial charge in [0.1, 0.15) is 6.54 Å². The molecule has 0 unspecified atom stereocenters. The summed E-state index contributed by atoms with van der Waals surface area (Å²) in [4.78, 5) is 20.7. The molecule has 1 heterocycles. The molecule has 0 atom stereocenters. The summed E-state index contributed by atoms with van der Waals surface area (Å²) in [5.74, 6) is 0.781. The molecule has 0 aromatic carbocycles. The van der Waals surface area contributed by atoms with Crippen LogP contribution in [-0.4, -0.2) is 87.2 Å². The monoisotopic (exact) mass is 381 g/mol. The summed E-state index contributed by atoms with van der Waals surface area (Å²) >= 11 is 0. The summed E-state index contributed by atoms with van der Waals surface area (Å²) in [7, 11) is 3.54. The van der Waals surface area contributed by atoms with Gasteiger partial charge >= 0.3 is 0 Å². The molecule has 1 saturated heterocycles. The zero-order valence-electron chi connectivity index (χ0n) is 17.6. The molecule has 0 radical (unpaired) electrons. The van der Waals surface area contributed by atoms with E-state index in [0.717, 1.165) is 58.2 Å². The first-order valence-corrected chi connectivity index (χ1v) is 10.6. The van der Waals surface area contributed by atoms with E-state index in [2.05, 4.69) is 27.4 Å². The van der Waals surface area contributed by atoms with Gasteiger partial charge in [-0.2, -0.15) is 0 Å². The molecular formula is C20H39N5O2. The maximum atomic E-state index is 11.9. The molecule has 7 heteroatoms. The number of likely N-dealkylation sites (N-methyl/N-ethyl adjacent to an activating group) is 1. The number of morpholine rings is 1. The Bertz CT molecular complexity index is 469. The number of ether oxygens (including phenoxy) is 1. The summed E-state index contributed by atoms with van der Waals surface area (Å²) in [5, 5.41) is 6.97. The van der Waals surface area contributed by atoms with Gasteiger partial charge in [0.2, 0.25) is 5.91 Å². The summed E-state index contributed by atoms with van der Waals surface area (Å²) < 4.78 is 5.57. The molecule has 1 aliphatic heterocycles. The van der Waals surface area contributed by atoms with E-state index in [1.807, 2.05) is 0 Å². The molecule has 156 valence electrons. The molecule has 1 aliphatic carbocycles. The molecule has 7 nitrogen and oxygen atoms in total. The Morgan fingerprint density at radius 3 is 2.48 bits per heavy atom. The Morgan fingerprint density at radius 2 is 1.85 bits per heavy atom. The molecule has 0 aromatic rings. The van der Waals surface area contributed by atoms with Crippen molar-refractivity contribution in [1.82, 2.24) is 20.4 Å². The quantitative estimate of drug-likeness (QED) is 0.378. The first-order chi connectivity index (χ1) is 13.1. The van der Waals surface area contributed by atoms with Gasteiger partial charge in [-0.3, -0.25) is 9.69 Å². The lowest BCUT2D eigenvalue weighted by Gasteiger charge is -2.48. The predicted molar refractivity (Wildman–Crippen MR) is 110 cm³/mol. The minimum Gasteiger partial charge on any atom is -0.379 e. The van der Waals surface area contributed by atoms with Crippen molar-refractivity contribution >= 4 is 11.9 Å². The zero-order chi connectivity index (χ0) is 19.5. The second-order valence-corrected chi connectivity index (χ2v) is 7.97. The fourth-order valence-corrected chi connectivity index (χ4v) is 3.95. The van der Waals surface area contributed by atoms with E-state index in [0.29, 0.717) is 0 Å². The van der Waals surface area contributed by atoms with E-state index in [9.17, 15) is 4.79 Å². The number of hydrogen-bond donors (Lipinski definition) is 2. The van der Waals surface area contributed by atoms with Crippen molar-refractivity contribution < 1.29 is 9.53 Å². The van der Waals surface area contributed by atoms with E-state index in [-0.39, 0.29) is 18.0 Å². The summed E-state index contributed by atoms with van der Waals surface area (Å²) in [6, 6.07) is 0. The first-order valence-electron chi connectivity index (χ1n) is 10.6. The average Bonchev–Trinajstić information content (AvgIpc) is 2.70. The number of nitrogens with zero attached hydrogens (tertiary/aromatic N) is 3. The third kappa shape index (κ3) is 6.96. The van der Waals surface area contributed by atoms with Crippen LogP contribution in [0.25, 0.3) is 0 Å². The van der Waals surface area contributed by atoms with Crippen LogP contribution in [0.3, 0.4) is 0 Å². The largest absolute Gasteiger partial charge is 0.379 e. The highest BCUT2D eigenvalue weighted by molar-refractivity contribution is 5.84. The lowest BCUT2D eigenvalue weighted by Crippen LogP contribution is -2.60. The fourth-order valence-electron chi connectivity index (χ4n) is 3.95. The van der Waals surface area contributed by atoms with Crippen LogP contribution >= 0.6 is 0 Å². The number of guanidine groups is 1. The van der Waals surface area contributed by atoms with E-state index >= 15 is 0 Å². The second kappa shape index (κ2) is 11.5. The molecule has 27 heavy (non-hydrogen) atoms. The number of aliphatic imine (C=N–C) groups is 1. The van der Waals surface area contributed by atoms with Crippen molar-refractivity contribution in [3.8, 4) is 0 Å². The van der Waals surface area contributed by atoms with Gasteiger partial charge in [-0.05, 0) is 19.3 Å². The standard InChI is InChI=1S/C20H39N5O2/c1-4-5-11-21-19(22-16-18(26)24(2)3)23-17-20(9-7-6-8-10-20)25-12-14-27-15-13-25/h4-17H2,1-3H3,(H2,21,22,23). The van der Waals surface area contributed by atoms with Crippen molar-refractivity contribution in [1.29, 1.82) is 0 Å². The molecule has 0 aromatic heterocycles. The van der Waals surface area contributed by atoms with Gasteiger partial charge in [0.25, 0.3) is 0 Å². The highest BCUT2D eigenvalue weighted by Gasteiger charge is 2.38. The van der Waals surface area contributed by atoms with Crippen molar-refractivity contribution in [2.24, 2.45) is 4.99 Å². The summed E-state index contributed by atoms with van der Waals surface area (Å²) in [5.41, 5.74) is 0.181. The Balaban J connectivity index is 2.01. The summed E-state index contributed by atoms with van der Waals surface area (Å²) in [6.07, 6.45) is 8.57. The van der Waals surface area contributed by atoms with Gasteiger partial charge < -0.3 is 20.3 Å². The number of carbonyl (C=O) groups is 1. The van der Waals surface area contributed by atoms with Crippen molar-refractivity contribution in [2.45, 2.75) is 57.4 Å². The zero-order valence-corrected chi connectivity index (χ0v) is 17.6. The van der Waals surface area contributed by atoms with Crippen molar-refractivity contribution in [2.75, 3.05) is 60.0 Å². The van der Waals surface area contributed by atoms with Gasteiger partial charge in [-0.15, -0.1) is 0 Å². The molecule has 0 spiro atoms. The SMILES string of the molecule is CCCCNC(=NCC(=O)N(C)C)NCC1(N2CCOCC2)CCCCC1. The van der Waals surface area contributed by atoms with Crippen LogP contribution in [0, 0.1) is 0 Å². The highest BCUT2D eigenvalue weighted by atomic mass is 16.5. The Hall–Kier alpha value is -1.34. The highest BCUT2D eigenvalue weighted by Crippen LogP contribution is 2.33. The average molecular weight is 382 g/mol. The fraction of sp³-hybridized carbons (Fsp3) is 0.900. The van der Waals surface area contributed by atoms with Crippen LogP contribution in [0.1, 0.15) is 51.9 Å². The Morgan fingerprint density at radius 1 is 1.15 bits per heavy atom. The molecule has 0 bridgehead atoms. The van der Waals surface area contributed by atoms with Gasteiger partial charge in [-0.25, -0.2) is 4.99 Å². The number of hydrogen-bond acceptors (Lipinski definition) is 4. The van der Waals surface area contributed by atoms with E-state index < -0.39 is 0 Å². The van der Waals surface area contributed by atoms with Crippen LogP contribution in [-0.2, 0) is 9.53 Å². The van der Waals surface area contributed by atoms with Crippen molar-refractivity contribution in [3.05, 3.63) is 0 Å².